The Hall–Kier alpha value is -1.86. The summed E-state index contributed by atoms with van der Waals surface area (Å²) in [5.41, 5.74) is 11.3. The van der Waals surface area contributed by atoms with Crippen LogP contribution < -0.4 is 21.7 Å². The molecule has 1 heterocycles. The van der Waals surface area contributed by atoms with Crippen LogP contribution in [0.5, 0.6) is 0 Å². The van der Waals surface area contributed by atoms with Gasteiger partial charge < -0.3 is 16.8 Å². The molecule has 1 atom stereocenters. The lowest BCUT2D eigenvalue weighted by molar-refractivity contribution is -0.118. The average Bonchev–Trinajstić information content (AvgIpc) is 2.70. The van der Waals surface area contributed by atoms with Crippen molar-refractivity contribution in [2.24, 2.45) is 16.5 Å². The first-order valence-corrected chi connectivity index (χ1v) is 6.75. The fourth-order valence-corrected chi connectivity index (χ4v) is 2.39. The van der Waals surface area contributed by atoms with Gasteiger partial charge in [0.15, 0.2) is 11.1 Å². The van der Waals surface area contributed by atoms with E-state index in [4.69, 9.17) is 23.7 Å². The van der Waals surface area contributed by atoms with Crippen LogP contribution >= 0.6 is 24.6 Å². The van der Waals surface area contributed by atoms with E-state index < -0.39 is 0 Å². The third-order valence-corrected chi connectivity index (χ3v) is 3.28. The van der Waals surface area contributed by atoms with Crippen LogP contribution in [0.1, 0.15) is 12.8 Å². The zero-order valence-corrected chi connectivity index (χ0v) is 13.0. The Labute approximate surface area is 135 Å². The van der Waals surface area contributed by atoms with E-state index in [0.717, 1.165) is 5.69 Å². The molecule has 1 amide bonds. The molecule has 0 unspecified atom stereocenters. The Balaban J connectivity index is 0.00000220. The Kier molecular flexibility index (Phi) is 6.39. The smallest absolute Gasteiger partial charge is 0.255 e. The number of thiocarbonyl (C=S) groups is 1. The van der Waals surface area contributed by atoms with Crippen molar-refractivity contribution in [3.63, 3.8) is 0 Å². The number of rotatable bonds is 5. The molecule has 2 rings (SSSR count). The van der Waals surface area contributed by atoms with Crippen molar-refractivity contribution in [2.75, 3.05) is 11.4 Å². The Morgan fingerprint density at radius 1 is 1.33 bits per heavy atom. The zero-order chi connectivity index (χ0) is 14.5. The molecule has 1 aromatic rings. The SMILES string of the molecule is Cl.NC(N)=NCCC[C@@H]1NC(=S)N(c2ccccc2)C1=O. The summed E-state index contributed by atoms with van der Waals surface area (Å²) in [5.74, 6) is 0.0306. The fourth-order valence-electron chi connectivity index (χ4n) is 2.05. The first-order chi connectivity index (χ1) is 9.59. The molecule has 6 nitrogen and oxygen atoms in total. The number of hydrogen-bond donors (Lipinski definition) is 3. The number of anilines is 1. The molecule has 0 bridgehead atoms. The van der Waals surface area contributed by atoms with Gasteiger partial charge in [0.25, 0.3) is 5.91 Å². The van der Waals surface area contributed by atoms with Gasteiger partial charge in [0.05, 0.1) is 5.69 Å². The minimum absolute atomic E-state index is 0. The monoisotopic (exact) mass is 327 g/mol. The van der Waals surface area contributed by atoms with Gasteiger partial charge in [0.1, 0.15) is 6.04 Å². The summed E-state index contributed by atoms with van der Waals surface area (Å²) in [5, 5.41) is 3.48. The van der Waals surface area contributed by atoms with E-state index in [1.54, 1.807) is 0 Å². The summed E-state index contributed by atoms with van der Waals surface area (Å²) < 4.78 is 0. The van der Waals surface area contributed by atoms with E-state index in [9.17, 15) is 4.79 Å². The molecule has 1 aliphatic heterocycles. The van der Waals surface area contributed by atoms with E-state index in [2.05, 4.69) is 10.3 Å². The molecule has 8 heteroatoms. The van der Waals surface area contributed by atoms with Gasteiger partial charge in [-0.25, -0.2) is 0 Å². The second-order valence-corrected chi connectivity index (χ2v) is 4.85. The van der Waals surface area contributed by atoms with Gasteiger partial charge in [0.2, 0.25) is 0 Å². The minimum atomic E-state index is -0.308. The minimum Gasteiger partial charge on any atom is -0.370 e. The molecule has 5 N–H and O–H groups in total. The van der Waals surface area contributed by atoms with Crippen LogP contribution in [0.2, 0.25) is 0 Å². The molecule has 21 heavy (non-hydrogen) atoms. The number of nitrogens with two attached hydrogens (primary N) is 2. The maximum Gasteiger partial charge on any atom is 0.255 e. The van der Waals surface area contributed by atoms with Crippen molar-refractivity contribution >= 4 is 47.3 Å². The van der Waals surface area contributed by atoms with Crippen molar-refractivity contribution < 1.29 is 4.79 Å². The van der Waals surface area contributed by atoms with Gasteiger partial charge >= 0.3 is 0 Å². The molecule has 0 aromatic heterocycles. The normalized spacial score (nSPS) is 17.1. The summed E-state index contributed by atoms with van der Waals surface area (Å²) in [4.78, 5) is 17.8. The van der Waals surface area contributed by atoms with Crippen molar-refractivity contribution in [1.29, 1.82) is 0 Å². The van der Waals surface area contributed by atoms with Crippen molar-refractivity contribution in [3.8, 4) is 0 Å². The van der Waals surface area contributed by atoms with E-state index in [1.807, 2.05) is 30.3 Å². The van der Waals surface area contributed by atoms with E-state index >= 15 is 0 Å². The summed E-state index contributed by atoms with van der Waals surface area (Å²) in [6.07, 6.45) is 1.35. The zero-order valence-electron chi connectivity index (χ0n) is 11.4. The summed E-state index contributed by atoms with van der Waals surface area (Å²) in [6, 6.07) is 9.04. The maximum absolute atomic E-state index is 12.3. The maximum atomic E-state index is 12.3. The van der Waals surface area contributed by atoms with Crippen molar-refractivity contribution in [1.82, 2.24) is 5.32 Å². The molecular weight excluding hydrogens is 310 g/mol. The summed E-state index contributed by atoms with van der Waals surface area (Å²) in [6.45, 7) is 0.506. The Morgan fingerprint density at radius 2 is 2.00 bits per heavy atom. The van der Waals surface area contributed by atoms with Crippen LogP contribution in [0.3, 0.4) is 0 Å². The third-order valence-electron chi connectivity index (χ3n) is 2.98. The van der Waals surface area contributed by atoms with Crippen LogP contribution in [0.15, 0.2) is 35.3 Å². The molecule has 114 valence electrons. The Bertz CT molecular complexity index is 533. The van der Waals surface area contributed by atoms with E-state index in [0.29, 0.717) is 24.5 Å². The number of nitrogens with one attached hydrogen (secondary N) is 1. The summed E-state index contributed by atoms with van der Waals surface area (Å²) >= 11 is 5.22. The number of halogens is 1. The lowest BCUT2D eigenvalue weighted by Gasteiger charge is -2.14. The molecule has 1 saturated heterocycles. The van der Waals surface area contributed by atoms with Crippen LogP contribution in [-0.2, 0) is 4.79 Å². The van der Waals surface area contributed by atoms with Gasteiger partial charge in [0, 0.05) is 6.54 Å². The number of aliphatic imine (C=N–C) groups is 1. The van der Waals surface area contributed by atoms with Gasteiger partial charge in [-0.05, 0) is 37.2 Å². The van der Waals surface area contributed by atoms with Crippen molar-refractivity contribution in [3.05, 3.63) is 30.3 Å². The third kappa shape index (κ3) is 4.30. The first-order valence-electron chi connectivity index (χ1n) is 6.34. The number of hydrogen-bond acceptors (Lipinski definition) is 3. The number of para-hydroxylation sites is 1. The number of amides is 1. The summed E-state index contributed by atoms with van der Waals surface area (Å²) in [7, 11) is 0. The second-order valence-electron chi connectivity index (χ2n) is 4.46. The predicted octanol–water partition coefficient (Wildman–Crippen LogP) is 0.752. The van der Waals surface area contributed by atoms with Crippen LogP contribution in [-0.4, -0.2) is 29.6 Å². The highest BCUT2D eigenvalue weighted by Crippen LogP contribution is 2.20. The number of carbonyl (C=O) groups is 1. The quantitative estimate of drug-likeness (QED) is 0.321. The second kappa shape index (κ2) is 7.80. The van der Waals surface area contributed by atoms with Crippen LogP contribution in [0, 0.1) is 0 Å². The fraction of sp³-hybridized carbons (Fsp3) is 0.308. The number of benzene rings is 1. The molecule has 1 fully saturated rings. The standard InChI is InChI=1S/C13H17N5OS.ClH/c14-12(15)16-8-4-7-10-11(19)18(13(20)17-10)9-5-2-1-3-6-9;/h1-3,5-6,10H,4,7-8H2,(H,17,20)(H4,14,15,16);1H/t10-;/m0./s1. The molecule has 1 aliphatic rings. The average molecular weight is 328 g/mol. The van der Waals surface area contributed by atoms with Gasteiger partial charge in [-0.1, -0.05) is 18.2 Å². The lowest BCUT2D eigenvalue weighted by Crippen LogP contribution is -2.31. The molecule has 0 aliphatic carbocycles. The van der Waals surface area contributed by atoms with Crippen LogP contribution in [0.25, 0.3) is 0 Å². The molecule has 0 radical (unpaired) electrons. The lowest BCUT2D eigenvalue weighted by atomic mass is 10.1. The Morgan fingerprint density at radius 3 is 2.62 bits per heavy atom. The highest BCUT2D eigenvalue weighted by molar-refractivity contribution is 7.80. The highest BCUT2D eigenvalue weighted by atomic mass is 35.5. The largest absolute Gasteiger partial charge is 0.370 e. The van der Waals surface area contributed by atoms with Crippen LogP contribution in [0.4, 0.5) is 5.69 Å². The molecule has 0 saturated carbocycles. The molecule has 1 aromatic carbocycles. The highest BCUT2D eigenvalue weighted by Gasteiger charge is 2.35. The van der Waals surface area contributed by atoms with Gasteiger partial charge in [-0.3, -0.25) is 14.7 Å². The predicted molar refractivity (Wildman–Crippen MR) is 90.6 cm³/mol. The van der Waals surface area contributed by atoms with E-state index in [-0.39, 0.29) is 30.3 Å². The number of guanidine groups is 1. The number of nitrogens with zero attached hydrogens (tertiary/aromatic N) is 2. The van der Waals surface area contributed by atoms with Gasteiger partial charge in [-0.2, -0.15) is 0 Å². The molecular formula is C13H18ClN5OS. The molecule has 0 spiro atoms. The van der Waals surface area contributed by atoms with E-state index in [1.165, 1.54) is 4.90 Å². The van der Waals surface area contributed by atoms with Gasteiger partial charge in [-0.15, -0.1) is 12.4 Å². The van der Waals surface area contributed by atoms with Crippen molar-refractivity contribution in [2.45, 2.75) is 18.9 Å². The topological polar surface area (TPSA) is 96.7 Å². The number of carbonyl (C=O) groups excluding carboxylic acids is 1. The first kappa shape index (κ1) is 17.2.